The van der Waals surface area contributed by atoms with Crippen molar-refractivity contribution in [2.45, 2.75) is 45.2 Å². The van der Waals surface area contributed by atoms with Gasteiger partial charge in [0.2, 0.25) is 0 Å². The van der Waals surface area contributed by atoms with Crippen molar-refractivity contribution < 1.29 is 0 Å². The zero-order chi connectivity index (χ0) is 15.2. The van der Waals surface area contributed by atoms with E-state index in [0.717, 1.165) is 6.54 Å². The molecule has 1 fully saturated rings. The summed E-state index contributed by atoms with van der Waals surface area (Å²) in [5.41, 5.74) is 2.87. The van der Waals surface area contributed by atoms with Crippen LogP contribution in [0.3, 0.4) is 0 Å². The molecular formula is C18H30N2S. The summed E-state index contributed by atoms with van der Waals surface area (Å²) in [6.45, 7) is 9.04. The quantitative estimate of drug-likeness (QED) is 0.858. The van der Waals surface area contributed by atoms with Gasteiger partial charge in [0.05, 0.1) is 0 Å². The van der Waals surface area contributed by atoms with Crippen molar-refractivity contribution in [2.75, 3.05) is 31.6 Å². The van der Waals surface area contributed by atoms with E-state index in [2.05, 4.69) is 74.1 Å². The molecule has 1 aromatic rings. The SMILES string of the molecule is CCCNC(c1ccc(C(C)C)cc1)C1CSCCN1C. The van der Waals surface area contributed by atoms with E-state index in [4.69, 9.17) is 0 Å². The fourth-order valence-corrected chi connectivity index (χ4v) is 4.19. The van der Waals surface area contributed by atoms with Crippen LogP contribution in [0.1, 0.15) is 50.3 Å². The van der Waals surface area contributed by atoms with Crippen LogP contribution in [-0.4, -0.2) is 42.6 Å². The highest BCUT2D eigenvalue weighted by Crippen LogP contribution is 2.28. The predicted octanol–water partition coefficient (Wildman–Crippen LogP) is 3.90. The van der Waals surface area contributed by atoms with Crippen LogP contribution in [0.2, 0.25) is 0 Å². The molecule has 0 bridgehead atoms. The van der Waals surface area contributed by atoms with Crippen molar-refractivity contribution >= 4 is 11.8 Å². The Morgan fingerprint density at radius 1 is 1.24 bits per heavy atom. The maximum Gasteiger partial charge on any atom is 0.0486 e. The van der Waals surface area contributed by atoms with Crippen LogP contribution in [-0.2, 0) is 0 Å². The molecule has 1 aromatic carbocycles. The molecule has 2 atom stereocenters. The lowest BCUT2D eigenvalue weighted by molar-refractivity contribution is 0.216. The van der Waals surface area contributed by atoms with Gasteiger partial charge in [-0.3, -0.25) is 4.90 Å². The third-order valence-electron chi connectivity index (χ3n) is 4.40. The number of hydrogen-bond donors (Lipinski definition) is 1. The molecule has 2 unspecified atom stereocenters. The molecule has 0 spiro atoms. The fourth-order valence-electron chi connectivity index (χ4n) is 2.92. The lowest BCUT2D eigenvalue weighted by Crippen LogP contribution is -2.48. The van der Waals surface area contributed by atoms with Crippen molar-refractivity contribution in [2.24, 2.45) is 0 Å². The Morgan fingerprint density at radius 2 is 1.90 bits per heavy atom. The summed E-state index contributed by atoms with van der Waals surface area (Å²) in [5.74, 6) is 3.10. The average molecular weight is 307 g/mol. The average Bonchev–Trinajstić information content (AvgIpc) is 2.50. The number of rotatable bonds is 6. The number of hydrogen-bond acceptors (Lipinski definition) is 3. The normalized spacial score (nSPS) is 21.7. The maximum atomic E-state index is 3.78. The van der Waals surface area contributed by atoms with E-state index in [1.807, 2.05) is 0 Å². The van der Waals surface area contributed by atoms with Crippen LogP contribution in [0.25, 0.3) is 0 Å². The van der Waals surface area contributed by atoms with Gasteiger partial charge in [-0.05, 0) is 37.1 Å². The number of thioether (sulfide) groups is 1. The Bertz CT molecular complexity index is 416. The van der Waals surface area contributed by atoms with Gasteiger partial charge in [-0.2, -0.15) is 11.8 Å². The second kappa shape index (κ2) is 8.21. The van der Waals surface area contributed by atoms with Gasteiger partial charge < -0.3 is 5.32 Å². The summed E-state index contributed by atoms with van der Waals surface area (Å²) < 4.78 is 0. The Labute approximate surface area is 134 Å². The summed E-state index contributed by atoms with van der Waals surface area (Å²) in [6.07, 6.45) is 1.18. The van der Waals surface area contributed by atoms with Crippen molar-refractivity contribution in [3.8, 4) is 0 Å². The minimum Gasteiger partial charge on any atom is -0.309 e. The number of nitrogens with zero attached hydrogens (tertiary/aromatic N) is 1. The van der Waals surface area contributed by atoms with Gasteiger partial charge in [0, 0.05) is 30.1 Å². The second-order valence-corrected chi connectivity index (χ2v) is 7.53. The molecule has 3 heteroatoms. The largest absolute Gasteiger partial charge is 0.309 e. The van der Waals surface area contributed by atoms with Crippen LogP contribution in [0.15, 0.2) is 24.3 Å². The Morgan fingerprint density at radius 3 is 2.48 bits per heavy atom. The minimum atomic E-state index is 0.448. The molecule has 1 N–H and O–H groups in total. The van der Waals surface area contributed by atoms with E-state index in [1.54, 1.807) is 0 Å². The third kappa shape index (κ3) is 4.48. The van der Waals surface area contributed by atoms with Gasteiger partial charge in [0.1, 0.15) is 0 Å². The molecule has 0 radical (unpaired) electrons. The molecule has 2 rings (SSSR count). The molecule has 118 valence electrons. The third-order valence-corrected chi connectivity index (χ3v) is 5.45. The van der Waals surface area contributed by atoms with E-state index in [0.29, 0.717) is 18.0 Å². The highest BCUT2D eigenvalue weighted by molar-refractivity contribution is 7.99. The zero-order valence-electron chi connectivity index (χ0n) is 13.9. The van der Waals surface area contributed by atoms with E-state index < -0.39 is 0 Å². The topological polar surface area (TPSA) is 15.3 Å². The number of nitrogens with one attached hydrogen (secondary N) is 1. The molecule has 1 saturated heterocycles. The van der Waals surface area contributed by atoms with Crippen LogP contribution in [0, 0.1) is 0 Å². The van der Waals surface area contributed by atoms with Crippen LogP contribution >= 0.6 is 11.8 Å². The van der Waals surface area contributed by atoms with Crippen LogP contribution in [0.4, 0.5) is 0 Å². The first kappa shape index (κ1) is 16.9. The van der Waals surface area contributed by atoms with E-state index in [-0.39, 0.29) is 0 Å². The van der Waals surface area contributed by atoms with Crippen LogP contribution in [0.5, 0.6) is 0 Å². The monoisotopic (exact) mass is 306 g/mol. The molecule has 2 nitrogen and oxygen atoms in total. The summed E-state index contributed by atoms with van der Waals surface area (Å²) in [7, 11) is 2.27. The Kier molecular flexibility index (Phi) is 6.59. The standard InChI is InChI=1S/C18H30N2S/c1-5-10-19-18(17-13-21-12-11-20(17)4)16-8-6-15(7-9-16)14(2)3/h6-9,14,17-19H,5,10-13H2,1-4H3. The minimum absolute atomic E-state index is 0.448. The summed E-state index contributed by atoms with van der Waals surface area (Å²) in [4.78, 5) is 2.53. The van der Waals surface area contributed by atoms with Crippen molar-refractivity contribution in [3.63, 3.8) is 0 Å². The van der Waals surface area contributed by atoms with Gasteiger partial charge in [0.15, 0.2) is 0 Å². The first-order valence-corrected chi connectivity index (χ1v) is 9.40. The van der Waals surface area contributed by atoms with Gasteiger partial charge >= 0.3 is 0 Å². The lowest BCUT2D eigenvalue weighted by Gasteiger charge is -2.38. The van der Waals surface area contributed by atoms with Crippen LogP contribution < -0.4 is 5.32 Å². The van der Waals surface area contributed by atoms with E-state index in [9.17, 15) is 0 Å². The van der Waals surface area contributed by atoms with Crippen molar-refractivity contribution in [1.29, 1.82) is 0 Å². The van der Waals surface area contributed by atoms with Gasteiger partial charge in [0.25, 0.3) is 0 Å². The molecule has 0 saturated carbocycles. The number of likely N-dealkylation sites (N-methyl/N-ethyl adjacent to an activating group) is 1. The zero-order valence-corrected chi connectivity index (χ0v) is 14.7. The van der Waals surface area contributed by atoms with Gasteiger partial charge in [-0.1, -0.05) is 45.0 Å². The van der Waals surface area contributed by atoms with E-state index in [1.165, 1.54) is 35.6 Å². The highest BCUT2D eigenvalue weighted by atomic mass is 32.2. The number of benzene rings is 1. The predicted molar refractivity (Wildman–Crippen MR) is 95.3 cm³/mol. The first-order valence-electron chi connectivity index (χ1n) is 8.24. The van der Waals surface area contributed by atoms with Crippen molar-refractivity contribution in [3.05, 3.63) is 35.4 Å². The van der Waals surface area contributed by atoms with Crippen molar-refractivity contribution in [1.82, 2.24) is 10.2 Å². The maximum absolute atomic E-state index is 3.78. The Hall–Kier alpha value is -0.510. The first-order chi connectivity index (χ1) is 10.1. The van der Waals surface area contributed by atoms with Gasteiger partial charge in [-0.15, -0.1) is 0 Å². The molecular weight excluding hydrogens is 276 g/mol. The summed E-state index contributed by atoms with van der Waals surface area (Å²) >= 11 is 2.09. The van der Waals surface area contributed by atoms with E-state index >= 15 is 0 Å². The summed E-state index contributed by atoms with van der Waals surface area (Å²) in [6, 6.07) is 10.3. The Balaban J connectivity index is 2.17. The molecule has 0 aliphatic carbocycles. The molecule has 1 aliphatic heterocycles. The molecule has 1 aliphatic rings. The molecule has 21 heavy (non-hydrogen) atoms. The summed E-state index contributed by atoms with van der Waals surface area (Å²) in [5, 5.41) is 3.78. The molecule has 0 amide bonds. The second-order valence-electron chi connectivity index (χ2n) is 6.38. The lowest BCUT2D eigenvalue weighted by atomic mass is 9.95. The highest BCUT2D eigenvalue weighted by Gasteiger charge is 2.28. The molecule has 1 heterocycles. The molecule has 0 aromatic heterocycles. The smallest absolute Gasteiger partial charge is 0.0486 e. The van der Waals surface area contributed by atoms with Gasteiger partial charge in [-0.25, -0.2) is 0 Å². The fraction of sp³-hybridized carbons (Fsp3) is 0.667.